The van der Waals surface area contributed by atoms with Crippen LogP contribution in [0.1, 0.15) is 479 Å². The summed E-state index contributed by atoms with van der Waals surface area (Å²) in [5, 5.41) is 10.7. The number of aliphatic hydroxyl groups excluding tert-OH is 1. The van der Waals surface area contributed by atoms with Gasteiger partial charge in [-0.3, -0.25) is 37.3 Å². The summed E-state index contributed by atoms with van der Waals surface area (Å²) in [6.45, 7) is 12.1. The summed E-state index contributed by atoms with van der Waals surface area (Å²) in [4.78, 5) is 73.3. The largest absolute Gasteiger partial charge is 0.472 e. The Morgan fingerprint density at radius 1 is 0.266 bits per heavy atom. The Balaban J connectivity index is 5.21. The lowest BCUT2D eigenvalue weighted by Crippen LogP contribution is -2.30. The van der Waals surface area contributed by atoms with Crippen molar-refractivity contribution in [2.75, 3.05) is 39.6 Å². The van der Waals surface area contributed by atoms with Crippen molar-refractivity contribution in [3.05, 3.63) is 0 Å². The average Bonchev–Trinajstić information content (AvgIpc) is 0.897. The van der Waals surface area contributed by atoms with Gasteiger partial charge in [0.15, 0.2) is 12.2 Å². The predicted octanol–water partition coefficient (Wildman–Crippen LogP) is 27.6. The van der Waals surface area contributed by atoms with E-state index >= 15 is 0 Å². The molecule has 109 heavy (non-hydrogen) atoms. The number of carbonyl (C=O) groups excluding carboxylic acids is 4. The minimum atomic E-state index is -4.97. The molecule has 4 unspecified atom stereocenters. The molecule has 0 spiro atoms. The molecule has 0 amide bonds. The van der Waals surface area contributed by atoms with Crippen molar-refractivity contribution in [1.29, 1.82) is 0 Å². The highest BCUT2D eigenvalue weighted by Crippen LogP contribution is 2.45. The fraction of sp³-hybridized carbons (Fsp3) is 0.956. The molecule has 648 valence electrons. The van der Waals surface area contributed by atoms with Crippen molar-refractivity contribution in [2.45, 2.75) is 497 Å². The van der Waals surface area contributed by atoms with Crippen molar-refractivity contribution in [3.8, 4) is 0 Å². The lowest BCUT2D eigenvalue weighted by Gasteiger charge is -2.21. The summed E-state index contributed by atoms with van der Waals surface area (Å²) in [5.41, 5.74) is 0. The normalized spacial score (nSPS) is 14.3. The molecule has 0 aromatic rings. The third-order valence-corrected chi connectivity index (χ3v) is 23.8. The van der Waals surface area contributed by atoms with Crippen LogP contribution in [0.4, 0.5) is 0 Å². The number of ether oxygens (including phenoxy) is 4. The first-order valence-electron chi connectivity index (χ1n) is 46.4. The molecule has 0 rings (SSSR count). The van der Waals surface area contributed by atoms with Gasteiger partial charge in [-0.05, 0) is 43.4 Å². The first kappa shape index (κ1) is 107. The molecule has 0 aromatic heterocycles. The van der Waals surface area contributed by atoms with E-state index in [0.29, 0.717) is 25.7 Å². The van der Waals surface area contributed by atoms with Crippen molar-refractivity contribution >= 4 is 39.5 Å². The molecule has 0 saturated carbocycles. The van der Waals surface area contributed by atoms with Crippen LogP contribution in [0.3, 0.4) is 0 Å². The molecule has 17 nitrogen and oxygen atoms in total. The zero-order chi connectivity index (χ0) is 80.0. The number of carbonyl (C=O) groups is 4. The molecule has 0 aromatic carbocycles. The van der Waals surface area contributed by atoms with E-state index in [4.69, 9.17) is 37.0 Å². The topological polar surface area (TPSA) is 237 Å². The highest BCUT2D eigenvalue weighted by atomic mass is 31.2. The highest BCUT2D eigenvalue weighted by Gasteiger charge is 2.31. The number of hydrogen-bond donors (Lipinski definition) is 3. The minimum absolute atomic E-state index is 0.107. The minimum Gasteiger partial charge on any atom is -0.462 e. The maximum absolute atomic E-state index is 13.2. The van der Waals surface area contributed by atoms with E-state index in [1.807, 2.05) is 0 Å². The van der Waals surface area contributed by atoms with Gasteiger partial charge in [0.25, 0.3) is 0 Å². The van der Waals surface area contributed by atoms with E-state index in [1.54, 1.807) is 0 Å². The number of esters is 4. The number of aliphatic hydroxyl groups is 1. The summed E-state index contributed by atoms with van der Waals surface area (Å²) in [6.07, 6.45) is 72.2. The van der Waals surface area contributed by atoms with Crippen molar-refractivity contribution in [2.24, 2.45) is 17.8 Å². The number of phosphoric ester groups is 2. The second kappa shape index (κ2) is 79.9. The summed E-state index contributed by atoms with van der Waals surface area (Å²) in [6, 6.07) is 0. The summed E-state index contributed by atoms with van der Waals surface area (Å²) in [5.74, 6) is 0.421. The van der Waals surface area contributed by atoms with Gasteiger partial charge >= 0.3 is 39.5 Å². The molecule has 0 bridgehead atoms. The number of rotatable bonds is 88. The Morgan fingerprint density at radius 2 is 0.468 bits per heavy atom. The Hall–Kier alpha value is -1.94. The van der Waals surface area contributed by atoms with E-state index in [1.165, 1.54) is 289 Å². The van der Waals surface area contributed by atoms with Crippen LogP contribution >= 0.6 is 15.6 Å². The first-order valence-corrected chi connectivity index (χ1v) is 49.4. The zero-order valence-electron chi connectivity index (χ0n) is 72.0. The van der Waals surface area contributed by atoms with Gasteiger partial charge in [-0.2, -0.15) is 0 Å². The first-order chi connectivity index (χ1) is 52.8. The van der Waals surface area contributed by atoms with Gasteiger partial charge < -0.3 is 33.8 Å². The fourth-order valence-electron chi connectivity index (χ4n) is 14.0. The van der Waals surface area contributed by atoms with Crippen LogP contribution in [0.2, 0.25) is 0 Å². The van der Waals surface area contributed by atoms with Gasteiger partial charge in [0.1, 0.15) is 19.3 Å². The molecule has 0 aliphatic carbocycles. The molecule has 0 saturated heterocycles. The quantitative estimate of drug-likeness (QED) is 0.0222. The molecule has 0 aliphatic rings. The lowest BCUT2D eigenvalue weighted by atomic mass is 9.99. The van der Waals surface area contributed by atoms with Crippen LogP contribution in [0.5, 0.6) is 0 Å². The molecule has 0 fully saturated rings. The van der Waals surface area contributed by atoms with Crippen molar-refractivity contribution in [3.63, 3.8) is 0 Å². The Kier molecular flexibility index (Phi) is 78.5. The molecule has 0 radical (unpaired) electrons. The van der Waals surface area contributed by atoms with Crippen LogP contribution in [-0.4, -0.2) is 96.7 Å². The predicted molar refractivity (Wildman–Crippen MR) is 451 cm³/mol. The molecule has 19 heteroatoms. The number of phosphoric acid groups is 2. The Bertz CT molecular complexity index is 2100. The van der Waals surface area contributed by atoms with Crippen molar-refractivity contribution in [1.82, 2.24) is 0 Å². The molecular weight excluding hydrogens is 1410 g/mol. The molecule has 0 aliphatic heterocycles. The maximum atomic E-state index is 13.2. The van der Waals surface area contributed by atoms with Gasteiger partial charge in [-0.15, -0.1) is 0 Å². The van der Waals surface area contributed by atoms with Gasteiger partial charge in [-0.25, -0.2) is 9.13 Å². The second-order valence-corrected chi connectivity index (χ2v) is 36.2. The van der Waals surface area contributed by atoms with Crippen LogP contribution in [0.25, 0.3) is 0 Å². The van der Waals surface area contributed by atoms with E-state index in [-0.39, 0.29) is 25.7 Å². The molecule has 7 atom stereocenters. The smallest absolute Gasteiger partial charge is 0.462 e. The standard InChI is InChI=1S/C90H176O17P2/c1-8-11-12-13-14-15-43-50-57-64-71-87(92)100-77-85(106-90(95)74-67-60-53-46-39-33-32-34-40-47-54-61-68-81(4)5)79-104-108(96,97)102-75-84(91)76-103-109(98,99)105-80-86(107-89(94)73-66-59-52-45-38-31-27-23-19-17-21-25-29-36-42-49-56-63-70-83(7)10-3)78-101-88(93)72-65-58-51-44-37-30-26-22-18-16-20-24-28-35-41-48-55-62-69-82(6)9-2/h81-86,91H,8-80H2,1-7H3,(H,96,97)(H,98,99)/t82?,83?,84-,85+,86+/m0/s1. The van der Waals surface area contributed by atoms with Gasteiger partial charge in [0.05, 0.1) is 26.4 Å². The maximum Gasteiger partial charge on any atom is 0.472 e. The summed E-state index contributed by atoms with van der Waals surface area (Å²) < 4.78 is 69.0. The zero-order valence-corrected chi connectivity index (χ0v) is 73.8. The van der Waals surface area contributed by atoms with E-state index in [2.05, 4.69) is 48.5 Å². The van der Waals surface area contributed by atoms with Crippen LogP contribution in [0.15, 0.2) is 0 Å². The van der Waals surface area contributed by atoms with Crippen LogP contribution < -0.4 is 0 Å². The third kappa shape index (κ3) is 81.0. The van der Waals surface area contributed by atoms with Crippen molar-refractivity contribution < 1.29 is 80.2 Å². The summed E-state index contributed by atoms with van der Waals surface area (Å²) >= 11 is 0. The van der Waals surface area contributed by atoms with Gasteiger partial charge in [0, 0.05) is 25.7 Å². The SMILES string of the molecule is CCCCCCCCCCCCC(=O)OC[C@H](COP(=O)(O)OC[C@H](O)COP(=O)(O)OC[C@@H](COC(=O)CCCCCCCCCCCCCCCCCCCCC(C)CC)OC(=O)CCCCCCCCCCCCCCCCCCCCC(C)CC)OC(=O)CCCCCCCCCCCCCCC(C)C. The third-order valence-electron chi connectivity index (χ3n) is 21.9. The van der Waals surface area contributed by atoms with Crippen LogP contribution in [0, 0.1) is 17.8 Å². The van der Waals surface area contributed by atoms with E-state index in [0.717, 1.165) is 108 Å². The van der Waals surface area contributed by atoms with E-state index < -0.39 is 97.5 Å². The monoisotopic (exact) mass is 1590 g/mol. The van der Waals surface area contributed by atoms with Crippen LogP contribution in [-0.2, 0) is 65.4 Å². The molecule has 0 heterocycles. The number of hydrogen-bond acceptors (Lipinski definition) is 15. The Labute approximate surface area is 670 Å². The van der Waals surface area contributed by atoms with E-state index in [9.17, 15) is 43.2 Å². The van der Waals surface area contributed by atoms with Gasteiger partial charge in [-0.1, -0.05) is 427 Å². The Morgan fingerprint density at radius 3 is 0.697 bits per heavy atom. The number of unbranched alkanes of at least 4 members (excludes halogenated alkanes) is 54. The summed E-state index contributed by atoms with van der Waals surface area (Å²) in [7, 11) is -9.93. The molecular formula is C90H176O17P2. The fourth-order valence-corrected chi connectivity index (χ4v) is 15.6. The second-order valence-electron chi connectivity index (χ2n) is 33.3. The average molecular weight is 1590 g/mol. The lowest BCUT2D eigenvalue weighted by molar-refractivity contribution is -0.161. The highest BCUT2D eigenvalue weighted by molar-refractivity contribution is 7.47. The van der Waals surface area contributed by atoms with Gasteiger partial charge in [0.2, 0.25) is 0 Å². The molecule has 3 N–H and O–H groups in total.